The third-order valence-corrected chi connectivity index (χ3v) is 7.12. The van der Waals surface area contributed by atoms with Crippen molar-refractivity contribution >= 4 is 51.4 Å². The van der Waals surface area contributed by atoms with Crippen molar-refractivity contribution in [3.63, 3.8) is 0 Å². The summed E-state index contributed by atoms with van der Waals surface area (Å²) >= 11 is 6.65. The van der Waals surface area contributed by atoms with Gasteiger partial charge in [-0.3, -0.25) is 0 Å². The van der Waals surface area contributed by atoms with Gasteiger partial charge in [-0.15, -0.1) is 0 Å². The van der Waals surface area contributed by atoms with E-state index in [0.717, 1.165) is 18.9 Å². The number of rotatable bonds is 3. The van der Waals surface area contributed by atoms with Crippen LogP contribution in [0.2, 0.25) is 5.02 Å². The van der Waals surface area contributed by atoms with Gasteiger partial charge in [0.1, 0.15) is 23.1 Å². The average molecular weight is 529 g/mol. The van der Waals surface area contributed by atoms with E-state index in [4.69, 9.17) is 21.1 Å². The highest BCUT2D eigenvalue weighted by Gasteiger charge is 2.58. The lowest BCUT2D eigenvalue weighted by Crippen LogP contribution is -2.36. The molecular weight excluding hydrogens is 503 g/mol. The molecule has 1 saturated heterocycles. The van der Waals surface area contributed by atoms with Gasteiger partial charge in [0, 0.05) is 43.0 Å². The second kappa shape index (κ2) is 8.66. The number of anilines is 1. The Morgan fingerprint density at radius 2 is 2.11 bits per heavy atom. The van der Waals surface area contributed by atoms with Crippen LogP contribution in [0.5, 0.6) is 5.75 Å². The molecule has 3 N–H and O–H groups in total. The molecule has 1 aliphatic heterocycles. The summed E-state index contributed by atoms with van der Waals surface area (Å²) in [5.74, 6) is -0.907. The highest BCUT2D eigenvalue weighted by Crippen LogP contribution is 2.55. The Morgan fingerprint density at radius 1 is 1.35 bits per heavy atom. The fourth-order valence-electron chi connectivity index (χ4n) is 5.12. The second-order valence-electron chi connectivity index (χ2n) is 10.5. The van der Waals surface area contributed by atoms with Crippen LogP contribution >= 0.6 is 11.6 Å². The largest absolute Gasteiger partial charge is 0.444 e. The average Bonchev–Trinajstić information content (AvgIpc) is 3.13. The molecule has 2 fully saturated rings. The molecule has 37 heavy (non-hydrogen) atoms. The molecule has 2 unspecified atom stereocenters. The third-order valence-electron chi connectivity index (χ3n) is 6.84. The first-order chi connectivity index (χ1) is 17.5. The minimum absolute atomic E-state index is 0.0360. The van der Waals surface area contributed by atoms with Gasteiger partial charge in [0.25, 0.3) is 0 Å². The number of hydrogen-bond donors (Lipinski definition) is 3. The Hall–Kier alpha value is -3.78. The zero-order chi connectivity index (χ0) is 26.7. The number of halogens is 2. The normalized spacial score (nSPS) is 20.8. The molecule has 2 aliphatic rings. The van der Waals surface area contributed by atoms with Gasteiger partial charge in [-0.25, -0.2) is 19.0 Å². The van der Waals surface area contributed by atoms with E-state index in [0.29, 0.717) is 34.8 Å². The van der Waals surface area contributed by atoms with Crippen molar-refractivity contribution in [1.29, 1.82) is 5.26 Å². The summed E-state index contributed by atoms with van der Waals surface area (Å²) in [7, 11) is 1.39. The summed E-state index contributed by atoms with van der Waals surface area (Å²) in [5, 5.41) is 16.1. The summed E-state index contributed by atoms with van der Waals surface area (Å²) in [6.45, 7) is 6.67. The lowest BCUT2D eigenvalue weighted by Gasteiger charge is -2.22. The molecule has 1 aromatic carbocycles. The molecular formula is C25H26ClFN6O4. The Labute approximate surface area is 217 Å². The summed E-state index contributed by atoms with van der Waals surface area (Å²) in [6.07, 6.45) is 1.86. The van der Waals surface area contributed by atoms with Gasteiger partial charge in [0.2, 0.25) is 0 Å². The fraction of sp³-hybridized carbons (Fsp3) is 0.440. The molecule has 2 amide bonds. The van der Waals surface area contributed by atoms with Crippen LogP contribution in [0.15, 0.2) is 12.3 Å². The smallest absolute Gasteiger partial charge is 0.412 e. The number of alkyl carbamates (subject to hydrolysis) is 1. The van der Waals surface area contributed by atoms with Gasteiger partial charge in [-0.1, -0.05) is 11.6 Å². The number of nitrogens with zero attached hydrogens (tertiary/aromatic N) is 3. The summed E-state index contributed by atoms with van der Waals surface area (Å²) in [4.78, 5) is 33.7. The quantitative estimate of drug-likeness (QED) is 0.453. The monoisotopic (exact) mass is 528 g/mol. The van der Waals surface area contributed by atoms with E-state index in [1.54, 1.807) is 0 Å². The molecule has 5 rings (SSSR count). The maximum atomic E-state index is 15.0. The Kier molecular flexibility index (Phi) is 5.83. The topological polar surface area (TPSA) is 132 Å². The van der Waals surface area contributed by atoms with Crippen LogP contribution in [0.25, 0.3) is 21.9 Å². The highest BCUT2D eigenvalue weighted by molar-refractivity contribution is 6.36. The molecule has 2 aromatic heterocycles. The van der Waals surface area contributed by atoms with E-state index < -0.39 is 23.6 Å². The van der Waals surface area contributed by atoms with Crippen molar-refractivity contribution < 1.29 is 23.5 Å². The summed E-state index contributed by atoms with van der Waals surface area (Å²) in [5.41, 5.74) is 0.300. The summed E-state index contributed by atoms with van der Waals surface area (Å²) in [6, 6.07) is 2.88. The molecule has 3 aromatic rings. The van der Waals surface area contributed by atoms with Crippen LogP contribution in [-0.2, 0) is 4.74 Å². The number of aromatic amines is 1. The van der Waals surface area contributed by atoms with Crippen LogP contribution in [0.4, 0.5) is 19.7 Å². The first-order valence-electron chi connectivity index (χ1n) is 11.8. The lowest BCUT2D eigenvalue weighted by molar-refractivity contribution is 0.0516. The van der Waals surface area contributed by atoms with Gasteiger partial charge in [0.05, 0.1) is 33.4 Å². The Balaban J connectivity index is 1.54. The van der Waals surface area contributed by atoms with Gasteiger partial charge in [-0.05, 0) is 33.6 Å². The number of hydrogen-bond acceptors (Lipinski definition) is 7. The fourth-order valence-corrected chi connectivity index (χ4v) is 5.38. The second-order valence-corrected chi connectivity index (χ2v) is 10.9. The number of aromatic nitrogens is 2. The van der Waals surface area contributed by atoms with Crippen LogP contribution in [0.1, 0.15) is 39.2 Å². The van der Waals surface area contributed by atoms with E-state index in [-0.39, 0.29) is 33.7 Å². The minimum atomic E-state index is -0.831. The number of nitriles is 1. The standard InChI is InChI=1S/C25H26ClFN6O4/c1-24(2,3)37-23(35)31-16-8-25(16)5-6-33(11-25)20-13(26)10-30-21-18(20)17-12(9-28)14(27)7-15(19(17)32-21)36-22(34)29-4/h7,10,16H,5-6,8,11H2,1-4H3,(H,29,34)(H,30,32)(H,31,35). The molecule has 1 aliphatic carbocycles. The van der Waals surface area contributed by atoms with Crippen LogP contribution in [0, 0.1) is 22.6 Å². The number of carbonyl (C=O) groups excluding carboxylic acids is 2. The maximum Gasteiger partial charge on any atom is 0.412 e. The molecule has 12 heteroatoms. The van der Waals surface area contributed by atoms with E-state index in [2.05, 4.69) is 25.5 Å². The molecule has 1 saturated carbocycles. The van der Waals surface area contributed by atoms with Crippen molar-refractivity contribution in [2.24, 2.45) is 5.41 Å². The van der Waals surface area contributed by atoms with Gasteiger partial charge < -0.3 is 30.0 Å². The van der Waals surface area contributed by atoms with Crippen molar-refractivity contribution in [1.82, 2.24) is 20.6 Å². The first-order valence-corrected chi connectivity index (χ1v) is 12.2. The highest BCUT2D eigenvalue weighted by atomic mass is 35.5. The van der Waals surface area contributed by atoms with Gasteiger partial charge in [-0.2, -0.15) is 5.26 Å². The first kappa shape index (κ1) is 24.9. The van der Waals surface area contributed by atoms with Crippen molar-refractivity contribution in [2.45, 2.75) is 45.3 Å². The van der Waals surface area contributed by atoms with Crippen molar-refractivity contribution in [3.05, 3.63) is 28.7 Å². The molecule has 0 radical (unpaired) electrons. The van der Waals surface area contributed by atoms with Gasteiger partial charge >= 0.3 is 12.2 Å². The number of amides is 2. The number of benzene rings is 1. The van der Waals surface area contributed by atoms with Crippen molar-refractivity contribution in [2.75, 3.05) is 25.0 Å². The van der Waals surface area contributed by atoms with Crippen LogP contribution in [0.3, 0.4) is 0 Å². The zero-order valence-corrected chi connectivity index (χ0v) is 21.5. The van der Waals surface area contributed by atoms with E-state index in [1.807, 2.05) is 26.8 Å². The Morgan fingerprint density at radius 3 is 2.78 bits per heavy atom. The number of fused-ring (bicyclic) bond motifs is 3. The van der Waals surface area contributed by atoms with E-state index in [9.17, 15) is 14.9 Å². The summed E-state index contributed by atoms with van der Waals surface area (Å²) < 4.78 is 25.7. The predicted molar refractivity (Wildman–Crippen MR) is 135 cm³/mol. The van der Waals surface area contributed by atoms with E-state index >= 15 is 4.39 Å². The van der Waals surface area contributed by atoms with E-state index in [1.165, 1.54) is 13.2 Å². The lowest BCUT2D eigenvalue weighted by atomic mass is 10.0. The molecule has 1 spiro atoms. The van der Waals surface area contributed by atoms with Crippen LogP contribution < -0.4 is 20.3 Å². The maximum absolute atomic E-state index is 15.0. The molecule has 3 heterocycles. The Bertz CT molecular complexity index is 1490. The zero-order valence-electron chi connectivity index (χ0n) is 20.8. The number of carbonyl (C=O) groups is 2. The number of pyridine rings is 1. The minimum Gasteiger partial charge on any atom is -0.444 e. The molecule has 0 bridgehead atoms. The molecule has 10 nitrogen and oxygen atoms in total. The predicted octanol–water partition coefficient (Wildman–Crippen LogP) is 4.59. The van der Waals surface area contributed by atoms with Crippen LogP contribution in [-0.4, -0.2) is 53.9 Å². The number of H-pyrrole nitrogens is 1. The third kappa shape index (κ3) is 4.35. The molecule has 194 valence electrons. The number of ether oxygens (including phenoxy) is 2. The van der Waals surface area contributed by atoms with Crippen molar-refractivity contribution in [3.8, 4) is 11.8 Å². The SMILES string of the molecule is CNC(=O)Oc1cc(F)c(C#N)c2c1[nH]c1ncc(Cl)c(N3CCC4(CC4NC(=O)OC(C)(C)C)C3)c12. The number of nitrogens with one attached hydrogen (secondary N) is 3. The van der Waals surface area contributed by atoms with Gasteiger partial charge in [0.15, 0.2) is 5.75 Å². The molecule has 2 atom stereocenters.